The first-order valence-electron chi connectivity index (χ1n) is 3.95. The minimum Gasteiger partial charge on any atom is -0.365 e. The summed E-state index contributed by atoms with van der Waals surface area (Å²) in [7, 11) is 0. The third-order valence-corrected chi connectivity index (χ3v) is 2.16. The molecular formula is C7H12ClN3O. The lowest BCUT2D eigenvalue weighted by Gasteiger charge is -1.98. The van der Waals surface area contributed by atoms with Crippen LogP contribution in [0.2, 0.25) is 0 Å². The average molecular weight is 190 g/mol. The lowest BCUT2D eigenvalue weighted by atomic mass is 10.1. The predicted molar refractivity (Wildman–Crippen MR) is 47.2 cm³/mol. The number of anilines is 1. The molecule has 12 heavy (non-hydrogen) atoms. The fraction of sp³-hybridized carbons (Fsp3) is 0.714. The molecule has 2 N–H and O–H groups in total. The third-order valence-electron chi connectivity index (χ3n) is 2.16. The Hall–Kier alpha value is -0.770. The minimum atomic E-state index is 0. The molecule has 1 aromatic rings. The van der Waals surface area contributed by atoms with E-state index >= 15 is 0 Å². The number of rotatable bonds is 1. The van der Waals surface area contributed by atoms with Gasteiger partial charge in [0.05, 0.1) is 0 Å². The van der Waals surface area contributed by atoms with Crippen molar-refractivity contribution in [2.24, 2.45) is 0 Å². The highest BCUT2D eigenvalue weighted by Crippen LogP contribution is 2.32. The Balaban J connectivity index is 0.000000720. The molecule has 1 aliphatic rings. The van der Waals surface area contributed by atoms with Crippen molar-refractivity contribution >= 4 is 18.4 Å². The van der Waals surface area contributed by atoms with E-state index in [9.17, 15) is 0 Å². The third kappa shape index (κ3) is 1.69. The summed E-state index contributed by atoms with van der Waals surface area (Å²) in [6, 6.07) is 0. The molecule has 0 spiro atoms. The van der Waals surface area contributed by atoms with E-state index in [1.807, 2.05) is 0 Å². The molecule has 0 atom stereocenters. The second-order valence-corrected chi connectivity index (χ2v) is 2.97. The molecule has 0 saturated heterocycles. The monoisotopic (exact) mass is 189 g/mol. The molecule has 68 valence electrons. The zero-order valence-corrected chi connectivity index (χ0v) is 7.51. The minimum absolute atomic E-state index is 0. The maximum absolute atomic E-state index is 5.33. The van der Waals surface area contributed by atoms with Crippen LogP contribution in [0, 0.1) is 0 Å². The summed E-state index contributed by atoms with van der Waals surface area (Å²) in [4.78, 5) is 3.99. The van der Waals surface area contributed by atoms with Gasteiger partial charge in [-0.2, -0.15) is 4.98 Å². The van der Waals surface area contributed by atoms with Crippen molar-refractivity contribution in [2.75, 3.05) is 5.73 Å². The summed E-state index contributed by atoms with van der Waals surface area (Å²) < 4.78 is 4.96. The smallest absolute Gasteiger partial charge is 0.260 e. The van der Waals surface area contributed by atoms with Crippen molar-refractivity contribution < 1.29 is 4.52 Å². The van der Waals surface area contributed by atoms with Crippen molar-refractivity contribution in [3.05, 3.63) is 5.89 Å². The molecule has 5 heteroatoms. The van der Waals surface area contributed by atoms with Gasteiger partial charge in [0.25, 0.3) is 5.95 Å². The van der Waals surface area contributed by atoms with Crippen LogP contribution in [0.4, 0.5) is 5.95 Å². The van der Waals surface area contributed by atoms with Gasteiger partial charge >= 0.3 is 0 Å². The van der Waals surface area contributed by atoms with E-state index in [0.717, 1.165) is 5.89 Å². The van der Waals surface area contributed by atoms with Crippen LogP contribution >= 0.6 is 12.4 Å². The van der Waals surface area contributed by atoms with E-state index in [-0.39, 0.29) is 18.4 Å². The Labute approximate surface area is 76.9 Å². The number of aromatic nitrogens is 2. The predicted octanol–water partition coefficient (Wildman–Crippen LogP) is 1.73. The number of nitrogen functional groups attached to an aromatic ring is 1. The van der Waals surface area contributed by atoms with Gasteiger partial charge in [0.1, 0.15) is 0 Å². The zero-order chi connectivity index (χ0) is 7.68. The van der Waals surface area contributed by atoms with Crippen LogP contribution in [-0.2, 0) is 0 Å². The first-order valence-corrected chi connectivity index (χ1v) is 3.95. The summed E-state index contributed by atoms with van der Waals surface area (Å²) in [5, 5.41) is 3.55. The highest BCUT2D eigenvalue weighted by molar-refractivity contribution is 5.85. The molecule has 0 radical (unpaired) electrons. The lowest BCUT2D eigenvalue weighted by Crippen LogP contribution is -1.92. The molecule has 1 saturated carbocycles. The Kier molecular flexibility index (Phi) is 2.92. The van der Waals surface area contributed by atoms with Gasteiger partial charge in [-0.1, -0.05) is 12.8 Å². The summed E-state index contributed by atoms with van der Waals surface area (Å²) in [5.41, 5.74) is 5.33. The first-order chi connectivity index (χ1) is 5.36. The standard InChI is InChI=1S/C7H11N3O.ClH/c8-7-9-6(11-10-7)5-3-1-2-4-5;/h5H,1-4H2,(H2,8,10);1H. The van der Waals surface area contributed by atoms with E-state index in [2.05, 4.69) is 10.1 Å². The number of hydrogen-bond donors (Lipinski definition) is 1. The molecule has 0 aliphatic heterocycles. The fourth-order valence-corrected chi connectivity index (χ4v) is 1.59. The molecule has 0 bridgehead atoms. The van der Waals surface area contributed by atoms with Crippen molar-refractivity contribution in [3.8, 4) is 0 Å². The number of nitrogens with zero attached hydrogens (tertiary/aromatic N) is 2. The van der Waals surface area contributed by atoms with Crippen LogP contribution in [-0.4, -0.2) is 10.1 Å². The van der Waals surface area contributed by atoms with Gasteiger partial charge in [-0.3, -0.25) is 0 Å². The van der Waals surface area contributed by atoms with Gasteiger partial charge < -0.3 is 10.3 Å². The van der Waals surface area contributed by atoms with Crippen LogP contribution < -0.4 is 5.73 Å². The Morgan fingerprint density at radius 1 is 1.33 bits per heavy atom. The van der Waals surface area contributed by atoms with Crippen molar-refractivity contribution in [3.63, 3.8) is 0 Å². The molecular weight excluding hydrogens is 178 g/mol. The van der Waals surface area contributed by atoms with Gasteiger partial charge in [0, 0.05) is 5.92 Å². The van der Waals surface area contributed by atoms with Gasteiger partial charge in [0.15, 0.2) is 0 Å². The van der Waals surface area contributed by atoms with Crippen LogP contribution in [0.25, 0.3) is 0 Å². The molecule has 1 aromatic heterocycles. The highest BCUT2D eigenvalue weighted by atomic mass is 35.5. The Morgan fingerprint density at radius 2 is 2.00 bits per heavy atom. The molecule has 1 aliphatic carbocycles. The quantitative estimate of drug-likeness (QED) is 0.731. The number of nitrogens with two attached hydrogens (primary N) is 1. The maximum atomic E-state index is 5.33. The molecule has 1 fully saturated rings. The molecule has 0 unspecified atom stereocenters. The van der Waals surface area contributed by atoms with E-state index in [1.165, 1.54) is 25.7 Å². The van der Waals surface area contributed by atoms with Crippen LogP contribution in [0.3, 0.4) is 0 Å². The lowest BCUT2D eigenvalue weighted by molar-refractivity contribution is 0.355. The normalized spacial score (nSPS) is 17.7. The second-order valence-electron chi connectivity index (χ2n) is 2.97. The van der Waals surface area contributed by atoms with Gasteiger partial charge in [-0.15, -0.1) is 12.4 Å². The van der Waals surface area contributed by atoms with Gasteiger partial charge in [0.2, 0.25) is 5.89 Å². The largest absolute Gasteiger partial charge is 0.365 e. The van der Waals surface area contributed by atoms with E-state index in [1.54, 1.807) is 0 Å². The fourth-order valence-electron chi connectivity index (χ4n) is 1.59. The van der Waals surface area contributed by atoms with Crippen LogP contribution in [0.1, 0.15) is 37.5 Å². The number of halogens is 1. The van der Waals surface area contributed by atoms with E-state index < -0.39 is 0 Å². The van der Waals surface area contributed by atoms with Crippen LogP contribution in [0.15, 0.2) is 4.52 Å². The van der Waals surface area contributed by atoms with Crippen molar-refractivity contribution in [2.45, 2.75) is 31.6 Å². The Morgan fingerprint density at radius 3 is 2.50 bits per heavy atom. The van der Waals surface area contributed by atoms with Crippen LogP contribution in [0.5, 0.6) is 0 Å². The maximum Gasteiger partial charge on any atom is 0.260 e. The second kappa shape index (κ2) is 3.76. The van der Waals surface area contributed by atoms with E-state index in [4.69, 9.17) is 10.3 Å². The molecule has 0 amide bonds. The van der Waals surface area contributed by atoms with Crippen molar-refractivity contribution in [1.82, 2.24) is 10.1 Å². The van der Waals surface area contributed by atoms with Gasteiger partial charge in [-0.25, -0.2) is 0 Å². The summed E-state index contributed by atoms with van der Waals surface area (Å²) in [6.45, 7) is 0. The highest BCUT2D eigenvalue weighted by Gasteiger charge is 2.22. The number of hydrogen-bond acceptors (Lipinski definition) is 4. The summed E-state index contributed by atoms with van der Waals surface area (Å²) in [6.07, 6.45) is 4.88. The molecule has 0 aromatic carbocycles. The van der Waals surface area contributed by atoms with Gasteiger partial charge in [-0.05, 0) is 18.0 Å². The average Bonchev–Trinajstić information content (AvgIpc) is 2.55. The summed E-state index contributed by atoms with van der Waals surface area (Å²) in [5.74, 6) is 1.45. The summed E-state index contributed by atoms with van der Waals surface area (Å²) >= 11 is 0. The zero-order valence-electron chi connectivity index (χ0n) is 6.69. The molecule has 2 rings (SSSR count). The molecule has 1 heterocycles. The van der Waals surface area contributed by atoms with E-state index in [0.29, 0.717) is 5.92 Å². The molecule has 4 nitrogen and oxygen atoms in total. The SMILES string of the molecule is Cl.Nc1noc(C2CCCC2)n1. The van der Waals surface area contributed by atoms with Crippen molar-refractivity contribution in [1.29, 1.82) is 0 Å². The topological polar surface area (TPSA) is 64.9 Å². The Bertz CT molecular complexity index is 245. The first kappa shape index (κ1) is 9.32.